The van der Waals surface area contributed by atoms with E-state index in [0.717, 1.165) is 23.1 Å². The van der Waals surface area contributed by atoms with Crippen molar-refractivity contribution in [2.45, 2.75) is 0 Å². The van der Waals surface area contributed by atoms with Gasteiger partial charge < -0.3 is 19.8 Å². The van der Waals surface area contributed by atoms with E-state index in [-0.39, 0.29) is 0 Å². The summed E-state index contributed by atoms with van der Waals surface area (Å²) >= 11 is 6.18. The van der Waals surface area contributed by atoms with E-state index in [9.17, 15) is 0 Å². The Morgan fingerprint density at radius 1 is 1.09 bits per heavy atom. The number of halogens is 1. The molecular formula is C16H18ClNO5. The number of carboxylic acids is 2. The van der Waals surface area contributed by atoms with Crippen LogP contribution >= 0.6 is 11.6 Å². The average molecular weight is 340 g/mol. The monoisotopic (exact) mass is 339 g/mol. The first-order valence-corrected chi connectivity index (χ1v) is 7.11. The molecule has 0 amide bonds. The van der Waals surface area contributed by atoms with E-state index in [4.69, 9.17) is 36.1 Å². The van der Waals surface area contributed by atoms with Crippen molar-refractivity contribution in [3.05, 3.63) is 41.4 Å². The highest BCUT2D eigenvalue weighted by Crippen LogP contribution is 2.33. The van der Waals surface area contributed by atoms with E-state index >= 15 is 0 Å². The van der Waals surface area contributed by atoms with Gasteiger partial charge in [0.2, 0.25) is 0 Å². The Kier molecular flexibility index (Phi) is 7.31. The van der Waals surface area contributed by atoms with Gasteiger partial charge in [0.15, 0.2) is 0 Å². The number of likely N-dealkylation sites (N-methyl/N-ethyl adjacent to an activating group) is 1. The molecule has 2 N–H and O–H groups in total. The Labute approximate surface area is 138 Å². The topological polar surface area (TPSA) is 87.1 Å². The van der Waals surface area contributed by atoms with Crippen molar-refractivity contribution < 1.29 is 24.5 Å². The Morgan fingerprint density at radius 2 is 1.70 bits per heavy atom. The quantitative estimate of drug-likeness (QED) is 0.832. The van der Waals surface area contributed by atoms with Crippen LogP contribution in [0.15, 0.2) is 36.4 Å². The van der Waals surface area contributed by atoms with Crippen molar-refractivity contribution in [3.63, 3.8) is 0 Å². The average Bonchev–Trinajstić information content (AvgIpc) is 2.49. The van der Waals surface area contributed by atoms with Gasteiger partial charge in [-0.25, -0.2) is 9.59 Å². The molecule has 0 bridgehead atoms. The minimum atomic E-state index is -1.82. The number of carboxylic acid groups (broad SMARTS) is 2. The summed E-state index contributed by atoms with van der Waals surface area (Å²) in [5.41, 5.74) is 0. The molecule has 0 fully saturated rings. The van der Waals surface area contributed by atoms with Crippen molar-refractivity contribution in [2.75, 3.05) is 27.2 Å². The van der Waals surface area contributed by atoms with Crippen LogP contribution in [0.5, 0.6) is 5.75 Å². The van der Waals surface area contributed by atoms with Gasteiger partial charge in [0.05, 0.1) is 5.02 Å². The molecule has 0 radical (unpaired) electrons. The molecule has 0 aliphatic rings. The van der Waals surface area contributed by atoms with Crippen LogP contribution in [0.4, 0.5) is 0 Å². The highest BCUT2D eigenvalue weighted by molar-refractivity contribution is 6.33. The van der Waals surface area contributed by atoms with E-state index in [1.165, 1.54) is 0 Å². The van der Waals surface area contributed by atoms with Gasteiger partial charge in [-0.3, -0.25) is 0 Å². The normalized spacial score (nSPS) is 10.1. The molecular weight excluding hydrogens is 322 g/mol. The van der Waals surface area contributed by atoms with Gasteiger partial charge in [0.1, 0.15) is 12.4 Å². The van der Waals surface area contributed by atoms with Gasteiger partial charge in [-0.05, 0) is 25.5 Å². The van der Waals surface area contributed by atoms with E-state index in [0.29, 0.717) is 11.6 Å². The van der Waals surface area contributed by atoms with Gasteiger partial charge in [-0.15, -0.1) is 0 Å². The molecule has 0 saturated carbocycles. The lowest BCUT2D eigenvalue weighted by atomic mass is 10.1. The molecule has 2 rings (SSSR count). The van der Waals surface area contributed by atoms with E-state index in [1.54, 1.807) is 0 Å². The zero-order valence-electron chi connectivity index (χ0n) is 12.8. The SMILES string of the molecule is CN(C)CCOc1c(Cl)ccc2ccccc12.O=C(O)C(=O)O. The van der Waals surface area contributed by atoms with E-state index < -0.39 is 11.9 Å². The van der Waals surface area contributed by atoms with Crippen molar-refractivity contribution >= 4 is 34.3 Å². The van der Waals surface area contributed by atoms with Crippen LogP contribution in [0.2, 0.25) is 5.02 Å². The minimum Gasteiger partial charge on any atom is -0.490 e. The zero-order chi connectivity index (χ0) is 17.4. The molecule has 7 heteroatoms. The second kappa shape index (κ2) is 8.97. The van der Waals surface area contributed by atoms with Gasteiger partial charge in [0.25, 0.3) is 0 Å². The Morgan fingerprint density at radius 3 is 2.26 bits per heavy atom. The highest BCUT2D eigenvalue weighted by atomic mass is 35.5. The number of hydrogen-bond acceptors (Lipinski definition) is 4. The Bertz CT molecular complexity index is 675. The molecule has 0 unspecified atom stereocenters. The number of benzene rings is 2. The molecule has 2 aromatic carbocycles. The fourth-order valence-corrected chi connectivity index (χ4v) is 1.91. The molecule has 0 aliphatic heterocycles. The summed E-state index contributed by atoms with van der Waals surface area (Å²) in [4.78, 5) is 20.3. The summed E-state index contributed by atoms with van der Waals surface area (Å²) < 4.78 is 5.79. The fraction of sp³-hybridized carbons (Fsp3) is 0.250. The second-order valence-electron chi connectivity index (χ2n) is 4.86. The first kappa shape index (κ1) is 18.7. The zero-order valence-corrected chi connectivity index (χ0v) is 13.6. The molecule has 6 nitrogen and oxygen atoms in total. The lowest BCUT2D eigenvalue weighted by molar-refractivity contribution is -0.159. The summed E-state index contributed by atoms with van der Waals surface area (Å²) in [5.74, 6) is -2.86. The molecule has 0 heterocycles. The number of aliphatic carboxylic acids is 2. The van der Waals surface area contributed by atoms with Crippen molar-refractivity contribution in [3.8, 4) is 5.75 Å². The molecule has 124 valence electrons. The van der Waals surface area contributed by atoms with Gasteiger partial charge in [-0.1, -0.05) is 41.9 Å². The van der Waals surface area contributed by atoms with Crippen LogP contribution in [0, 0.1) is 0 Å². The maximum absolute atomic E-state index is 9.10. The Balaban J connectivity index is 0.000000379. The van der Waals surface area contributed by atoms with Crippen LogP contribution in [0.25, 0.3) is 10.8 Å². The van der Waals surface area contributed by atoms with Crippen LogP contribution in [-0.2, 0) is 9.59 Å². The molecule has 0 aromatic heterocycles. The predicted octanol–water partition coefficient (Wildman–Crippen LogP) is 2.59. The third-order valence-corrected chi connectivity index (χ3v) is 3.10. The Hall–Kier alpha value is -2.31. The summed E-state index contributed by atoms with van der Waals surface area (Å²) in [6.07, 6.45) is 0. The third-order valence-electron chi connectivity index (χ3n) is 2.80. The molecule has 0 aliphatic carbocycles. The summed E-state index contributed by atoms with van der Waals surface area (Å²) in [6, 6.07) is 12.0. The molecule has 2 aromatic rings. The number of carbonyl (C=O) groups is 2. The minimum absolute atomic E-state index is 0.640. The molecule has 0 atom stereocenters. The van der Waals surface area contributed by atoms with Crippen LogP contribution in [0.3, 0.4) is 0 Å². The number of ether oxygens (including phenoxy) is 1. The first-order valence-electron chi connectivity index (χ1n) is 6.74. The van der Waals surface area contributed by atoms with E-state index in [2.05, 4.69) is 11.0 Å². The third kappa shape index (κ3) is 6.14. The number of fused-ring (bicyclic) bond motifs is 1. The van der Waals surface area contributed by atoms with Crippen molar-refractivity contribution in [1.82, 2.24) is 4.90 Å². The van der Waals surface area contributed by atoms with Crippen molar-refractivity contribution in [1.29, 1.82) is 0 Å². The maximum Gasteiger partial charge on any atom is 0.414 e. The smallest absolute Gasteiger partial charge is 0.414 e. The van der Waals surface area contributed by atoms with Gasteiger partial charge >= 0.3 is 11.9 Å². The highest BCUT2D eigenvalue weighted by Gasteiger charge is 2.07. The van der Waals surface area contributed by atoms with E-state index in [1.807, 2.05) is 44.4 Å². The number of nitrogens with zero attached hydrogens (tertiary/aromatic N) is 1. The van der Waals surface area contributed by atoms with Crippen LogP contribution in [0.1, 0.15) is 0 Å². The van der Waals surface area contributed by atoms with Gasteiger partial charge in [-0.2, -0.15) is 0 Å². The second-order valence-corrected chi connectivity index (χ2v) is 5.27. The maximum atomic E-state index is 9.10. The van der Waals surface area contributed by atoms with Crippen LogP contribution in [-0.4, -0.2) is 54.3 Å². The van der Waals surface area contributed by atoms with Crippen molar-refractivity contribution in [2.24, 2.45) is 0 Å². The fourth-order valence-electron chi connectivity index (χ4n) is 1.69. The largest absolute Gasteiger partial charge is 0.490 e. The summed E-state index contributed by atoms with van der Waals surface area (Å²) in [7, 11) is 4.04. The predicted molar refractivity (Wildman–Crippen MR) is 88.3 cm³/mol. The van der Waals surface area contributed by atoms with Gasteiger partial charge in [0, 0.05) is 11.9 Å². The molecule has 0 spiro atoms. The molecule has 0 saturated heterocycles. The molecule has 23 heavy (non-hydrogen) atoms. The first-order chi connectivity index (χ1) is 10.8. The van der Waals surface area contributed by atoms with Crippen LogP contribution < -0.4 is 4.74 Å². The lowest BCUT2D eigenvalue weighted by Crippen LogP contribution is -2.19. The summed E-state index contributed by atoms with van der Waals surface area (Å²) in [6.45, 7) is 1.51. The number of hydrogen-bond donors (Lipinski definition) is 2. The standard InChI is InChI=1S/C14H16ClNO.C2H2O4/c1-16(2)9-10-17-14-12-6-4-3-5-11(12)7-8-13(14)15;3-1(4)2(5)6/h3-8H,9-10H2,1-2H3;(H,3,4)(H,5,6). The number of rotatable bonds is 4. The summed E-state index contributed by atoms with van der Waals surface area (Å²) in [5, 5.41) is 17.7. The lowest BCUT2D eigenvalue weighted by Gasteiger charge is -2.13.